The van der Waals surface area contributed by atoms with Crippen LogP contribution < -0.4 is 13.8 Å². The van der Waals surface area contributed by atoms with Crippen molar-refractivity contribution < 1.29 is 26.4 Å². The van der Waals surface area contributed by atoms with Crippen molar-refractivity contribution in [2.24, 2.45) is 5.92 Å². The molecule has 0 bridgehead atoms. The molecule has 1 amide bonds. The molecule has 0 radical (unpaired) electrons. The highest BCUT2D eigenvalue weighted by Crippen LogP contribution is 2.35. The van der Waals surface area contributed by atoms with Gasteiger partial charge in [0.05, 0.1) is 35.2 Å². The first-order chi connectivity index (χ1) is 13.1. The van der Waals surface area contributed by atoms with Crippen LogP contribution in [0, 0.1) is 5.92 Å². The molecule has 150 valence electrons. The molecule has 1 N–H and O–H groups in total. The third-order valence-corrected chi connectivity index (χ3v) is 7.73. The van der Waals surface area contributed by atoms with Gasteiger partial charge in [0, 0.05) is 0 Å². The highest BCUT2D eigenvalue weighted by molar-refractivity contribution is 7.94. The third-order valence-electron chi connectivity index (χ3n) is 4.15. The van der Waals surface area contributed by atoms with Crippen LogP contribution in [0.4, 0.5) is 11.4 Å². The fourth-order valence-corrected chi connectivity index (χ4v) is 6.15. The van der Waals surface area contributed by atoms with Crippen LogP contribution in [0.2, 0.25) is 5.02 Å². The molecule has 2 aromatic carbocycles. The molecule has 0 spiro atoms. The standard InChI is InChI=1S/C17H17ClN2O6S2/c1-11-10-27(22,23)20(17(11)21)12-7-8-15(26-2)16(9-12)28(24,25)19-14-6-4-3-5-13(14)18/h3-9,11,19H,10H2,1-2H3/t11-/m1/s1. The van der Waals surface area contributed by atoms with Crippen LogP contribution in [0.15, 0.2) is 47.4 Å². The van der Waals surface area contributed by atoms with E-state index in [4.69, 9.17) is 16.3 Å². The molecular formula is C17H17ClN2O6S2. The summed E-state index contributed by atoms with van der Waals surface area (Å²) in [5, 5.41) is 0.187. The number of hydrogen-bond acceptors (Lipinski definition) is 6. The van der Waals surface area contributed by atoms with Crippen LogP contribution in [-0.4, -0.2) is 35.6 Å². The Morgan fingerprint density at radius 3 is 2.46 bits per heavy atom. The molecule has 1 aliphatic rings. The Morgan fingerprint density at radius 1 is 1.21 bits per heavy atom. The molecule has 3 rings (SSSR count). The summed E-state index contributed by atoms with van der Waals surface area (Å²) in [6.07, 6.45) is 0. The number of para-hydroxylation sites is 1. The molecule has 1 fully saturated rings. The van der Waals surface area contributed by atoms with Crippen molar-refractivity contribution in [3.63, 3.8) is 0 Å². The number of rotatable bonds is 5. The molecule has 1 heterocycles. The second kappa shape index (κ2) is 7.26. The number of nitrogens with one attached hydrogen (secondary N) is 1. The van der Waals surface area contributed by atoms with E-state index in [1.165, 1.54) is 38.3 Å². The molecule has 0 aromatic heterocycles. The third kappa shape index (κ3) is 3.67. The van der Waals surface area contributed by atoms with Gasteiger partial charge < -0.3 is 4.74 Å². The number of anilines is 2. The summed E-state index contributed by atoms with van der Waals surface area (Å²) < 4.78 is 58.5. The summed E-state index contributed by atoms with van der Waals surface area (Å²) in [4.78, 5) is 12.0. The van der Waals surface area contributed by atoms with Crippen LogP contribution in [0.3, 0.4) is 0 Å². The Labute approximate surface area is 168 Å². The number of nitrogens with zero attached hydrogens (tertiary/aromatic N) is 1. The Kier molecular flexibility index (Phi) is 5.30. The first-order valence-electron chi connectivity index (χ1n) is 8.09. The lowest BCUT2D eigenvalue weighted by Gasteiger charge is -2.18. The maximum atomic E-state index is 12.9. The Bertz CT molecular complexity index is 1150. The van der Waals surface area contributed by atoms with Gasteiger partial charge in [-0.1, -0.05) is 30.7 Å². The number of carbonyl (C=O) groups excluding carboxylic acids is 1. The first kappa shape index (κ1) is 20.4. The lowest BCUT2D eigenvalue weighted by molar-refractivity contribution is -0.119. The molecule has 0 saturated carbocycles. The van der Waals surface area contributed by atoms with Gasteiger partial charge >= 0.3 is 0 Å². The molecular weight excluding hydrogens is 428 g/mol. The minimum absolute atomic E-state index is 0.0135. The molecule has 1 atom stereocenters. The fraction of sp³-hybridized carbons (Fsp3) is 0.235. The van der Waals surface area contributed by atoms with Gasteiger partial charge in [-0.05, 0) is 30.3 Å². The monoisotopic (exact) mass is 444 g/mol. The maximum absolute atomic E-state index is 12.9. The van der Waals surface area contributed by atoms with Gasteiger partial charge in [0.25, 0.3) is 10.0 Å². The van der Waals surface area contributed by atoms with Crippen LogP contribution in [0.25, 0.3) is 0 Å². The van der Waals surface area contributed by atoms with Gasteiger partial charge in [-0.2, -0.15) is 0 Å². The van der Waals surface area contributed by atoms with Crippen molar-refractivity contribution in [3.8, 4) is 5.75 Å². The summed E-state index contributed by atoms with van der Waals surface area (Å²) >= 11 is 6.01. The number of halogens is 1. The quantitative estimate of drug-likeness (QED) is 0.758. The van der Waals surface area contributed by atoms with Gasteiger partial charge in [0.1, 0.15) is 10.6 Å². The van der Waals surface area contributed by atoms with Gasteiger partial charge in [-0.25, -0.2) is 21.1 Å². The smallest absolute Gasteiger partial charge is 0.265 e. The van der Waals surface area contributed by atoms with Crippen LogP contribution in [0.5, 0.6) is 5.75 Å². The zero-order valence-electron chi connectivity index (χ0n) is 14.9. The van der Waals surface area contributed by atoms with E-state index < -0.39 is 31.9 Å². The van der Waals surface area contributed by atoms with Crippen LogP contribution >= 0.6 is 11.6 Å². The first-order valence-corrected chi connectivity index (χ1v) is 11.6. The second-order valence-corrected chi connectivity index (χ2v) is 10.1. The lowest BCUT2D eigenvalue weighted by Crippen LogP contribution is -2.30. The summed E-state index contributed by atoms with van der Waals surface area (Å²) in [6, 6.07) is 9.95. The van der Waals surface area contributed by atoms with Crippen molar-refractivity contribution in [2.75, 3.05) is 21.9 Å². The number of carbonyl (C=O) groups is 1. The average Bonchev–Trinajstić information content (AvgIpc) is 2.83. The van der Waals surface area contributed by atoms with Gasteiger partial charge in [0.2, 0.25) is 15.9 Å². The number of ether oxygens (including phenoxy) is 1. The molecule has 0 unspecified atom stereocenters. The molecule has 28 heavy (non-hydrogen) atoms. The summed E-state index contributed by atoms with van der Waals surface area (Å²) in [5.41, 5.74) is 0.0739. The van der Waals surface area contributed by atoms with E-state index in [2.05, 4.69) is 4.72 Å². The van der Waals surface area contributed by atoms with Crippen molar-refractivity contribution >= 4 is 48.9 Å². The number of sulfonamides is 2. The van der Waals surface area contributed by atoms with Gasteiger partial charge in [-0.15, -0.1) is 0 Å². The highest BCUT2D eigenvalue weighted by atomic mass is 35.5. The van der Waals surface area contributed by atoms with E-state index in [0.29, 0.717) is 4.31 Å². The number of benzene rings is 2. The topological polar surface area (TPSA) is 110 Å². The molecule has 8 nitrogen and oxygen atoms in total. The van der Waals surface area contributed by atoms with Crippen molar-refractivity contribution in [1.82, 2.24) is 0 Å². The predicted molar refractivity (Wildman–Crippen MR) is 106 cm³/mol. The lowest BCUT2D eigenvalue weighted by atomic mass is 10.2. The van der Waals surface area contributed by atoms with Crippen LogP contribution in [-0.2, 0) is 24.8 Å². The zero-order chi connectivity index (χ0) is 20.7. The minimum Gasteiger partial charge on any atom is -0.495 e. The zero-order valence-corrected chi connectivity index (χ0v) is 17.3. The Morgan fingerprint density at radius 2 is 1.89 bits per heavy atom. The second-order valence-electron chi connectivity index (χ2n) is 6.20. The van der Waals surface area contributed by atoms with Crippen molar-refractivity contribution in [2.45, 2.75) is 11.8 Å². The van der Waals surface area contributed by atoms with Gasteiger partial charge in [-0.3, -0.25) is 9.52 Å². The largest absolute Gasteiger partial charge is 0.495 e. The molecule has 11 heteroatoms. The average molecular weight is 445 g/mol. The van der Waals surface area contributed by atoms with Crippen molar-refractivity contribution in [3.05, 3.63) is 47.5 Å². The van der Waals surface area contributed by atoms with Crippen LogP contribution in [0.1, 0.15) is 6.92 Å². The molecule has 2 aromatic rings. The Balaban J connectivity index is 2.10. The molecule has 1 saturated heterocycles. The predicted octanol–water partition coefficient (Wildman–Crippen LogP) is 2.46. The van der Waals surface area contributed by atoms with E-state index in [9.17, 15) is 21.6 Å². The summed E-state index contributed by atoms with van der Waals surface area (Å²) in [7, 11) is -6.79. The maximum Gasteiger partial charge on any atom is 0.265 e. The number of amides is 1. The van der Waals surface area contributed by atoms with E-state index in [0.717, 1.165) is 6.07 Å². The fourth-order valence-electron chi connectivity index (χ4n) is 2.83. The summed E-state index contributed by atoms with van der Waals surface area (Å²) in [5.74, 6) is -1.68. The van der Waals surface area contributed by atoms with Crippen molar-refractivity contribution in [1.29, 1.82) is 0 Å². The SMILES string of the molecule is COc1ccc(N2C(=O)[C@H](C)CS2(=O)=O)cc1S(=O)(=O)Nc1ccccc1Cl. The normalized spacial score (nSPS) is 18.9. The summed E-state index contributed by atoms with van der Waals surface area (Å²) in [6.45, 7) is 1.50. The number of hydrogen-bond donors (Lipinski definition) is 1. The van der Waals surface area contributed by atoms with E-state index in [1.807, 2.05) is 0 Å². The molecule has 0 aliphatic carbocycles. The highest BCUT2D eigenvalue weighted by Gasteiger charge is 2.42. The van der Waals surface area contributed by atoms with E-state index in [1.54, 1.807) is 12.1 Å². The number of methoxy groups -OCH3 is 1. The van der Waals surface area contributed by atoms with E-state index in [-0.39, 0.29) is 32.8 Å². The van der Waals surface area contributed by atoms with E-state index >= 15 is 0 Å². The Hall–Kier alpha value is -2.30. The van der Waals surface area contributed by atoms with Gasteiger partial charge in [0.15, 0.2) is 0 Å². The minimum atomic E-state index is -4.19. The molecule has 1 aliphatic heterocycles.